The second-order valence-corrected chi connectivity index (χ2v) is 8.96. The summed E-state index contributed by atoms with van der Waals surface area (Å²) in [7, 11) is 0. The molecule has 0 aromatic heterocycles. The first kappa shape index (κ1) is 28.7. The molecule has 0 saturated carbocycles. The fourth-order valence-corrected chi connectivity index (χ4v) is 3.91. The predicted octanol–water partition coefficient (Wildman–Crippen LogP) is 7.91. The number of carbonyl (C=O) groups excluding carboxylic acids is 1. The van der Waals surface area contributed by atoms with E-state index < -0.39 is 5.97 Å². The Kier molecular flexibility index (Phi) is 13.5. The number of rotatable bonds is 16. The minimum absolute atomic E-state index is 0.00558. The lowest BCUT2D eigenvalue weighted by Crippen LogP contribution is -2.07. The van der Waals surface area contributed by atoms with Crippen LogP contribution in [0.15, 0.2) is 42.5 Å². The van der Waals surface area contributed by atoms with Crippen LogP contribution in [0.25, 0.3) is 6.08 Å². The molecule has 2 aromatic carbocycles. The Hall–Kier alpha value is -3.57. The molecule has 0 amide bonds. The summed E-state index contributed by atoms with van der Waals surface area (Å²) in [4.78, 5) is 12.4. The standard InChI is InChI=1S/C31H38N2O3/c1-3-5-7-9-11-13-25-14-16-26(17-15-25)18-21-31(34)36-30-20-19-29(27(23-32)28(30)24-33)35-22-12-10-8-6-4-2/h14-21H,3-13,22H2,1-2H3/b21-18+. The summed E-state index contributed by atoms with van der Waals surface area (Å²) in [5.74, 6) is -0.220. The van der Waals surface area contributed by atoms with Gasteiger partial charge in [0.1, 0.15) is 29.0 Å². The van der Waals surface area contributed by atoms with Crippen LogP contribution in [0.1, 0.15) is 100 Å². The van der Waals surface area contributed by atoms with Gasteiger partial charge < -0.3 is 9.47 Å². The molecule has 0 heterocycles. The SMILES string of the molecule is CCCCCCCOc1ccc(OC(=O)/C=C/c2ccc(CCCCCCC)cc2)c(C#N)c1C#N. The molecule has 0 spiro atoms. The van der Waals surface area contributed by atoms with Crippen molar-refractivity contribution in [2.75, 3.05) is 6.61 Å². The zero-order valence-corrected chi connectivity index (χ0v) is 21.7. The van der Waals surface area contributed by atoms with Gasteiger partial charge in [0.2, 0.25) is 0 Å². The summed E-state index contributed by atoms with van der Waals surface area (Å²) in [6, 6.07) is 15.2. The summed E-state index contributed by atoms with van der Waals surface area (Å²) in [6.07, 6.45) is 15.8. The van der Waals surface area contributed by atoms with Crippen molar-refractivity contribution in [3.63, 3.8) is 0 Å². The van der Waals surface area contributed by atoms with Crippen molar-refractivity contribution in [1.29, 1.82) is 10.5 Å². The predicted molar refractivity (Wildman–Crippen MR) is 144 cm³/mol. The number of hydrogen-bond acceptors (Lipinski definition) is 5. The van der Waals surface area contributed by atoms with Gasteiger partial charge in [0.05, 0.1) is 6.61 Å². The fourth-order valence-electron chi connectivity index (χ4n) is 3.91. The average Bonchev–Trinajstić information content (AvgIpc) is 2.90. The molecular formula is C31H38N2O3. The zero-order chi connectivity index (χ0) is 26.0. The van der Waals surface area contributed by atoms with E-state index in [0.29, 0.717) is 12.4 Å². The fraction of sp³-hybridized carbons (Fsp3) is 0.452. The number of ether oxygens (including phenoxy) is 2. The molecule has 2 rings (SSSR count). The normalized spacial score (nSPS) is 10.7. The third-order valence-corrected chi connectivity index (χ3v) is 6.03. The third kappa shape index (κ3) is 9.96. The van der Waals surface area contributed by atoms with Crippen LogP contribution in [-0.4, -0.2) is 12.6 Å². The van der Waals surface area contributed by atoms with Crippen molar-refractivity contribution in [2.45, 2.75) is 84.5 Å². The van der Waals surface area contributed by atoms with Crippen LogP contribution in [0.3, 0.4) is 0 Å². The van der Waals surface area contributed by atoms with Gasteiger partial charge in [-0.2, -0.15) is 10.5 Å². The first-order chi connectivity index (χ1) is 17.6. The van der Waals surface area contributed by atoms with E-state index >= 15 is 0 Å². The number of aryl methyl sites for hydroxylation is 1. The van der Waals surface area contributed by atoms with E-state index in [4.69, 9.17) is 9.47 Å². The van der Waals surface area contributed by atoms with Crippen LogP contribution in [0.4, 0.5) is 0 Å². The molecule has 0 aliphatic carbocycles. The van der Waals surface area contributed by atoms with Crippen LogP contribution in [-0.2, 0) is 11.2 Å². The highest BCUT2D eigenvalue weighted by Crippen LogP contribution is 2.30. The lowest BCUT2D eigenvalue weighted by Gasteiger charge is -2.11. The molecular weight excluding hydrogens is 448 g/mol. The van der Waals surface area contributed by atoms with Crippen LogP contribution in [0, 0.1) is 22.7 Å². The zero-order valence-electron chi connectivity index (χ0n) is 21.7. The molecule has 0 unspecified atom stereocenters. The number of nitriles is 2. The van der Waals surface area contributed by atoms with E-state index in [0.717, 1.165) is 31.2 Å². The van der Waals surface area contributed by atoms with Crippen LogP contribution >= 0.6 is 0 Å². The summed E-state index contributed by atoms with van der Waals surface area (Å²) < 4.78 is 11.1. The topological polar surface area (TPSA) is 83.1 Å². The van der Waals surface area contributed by atoms with Crippen molar-refractivity contribution in [3.8, 4) is 23.6 Å². The van der Waals surface area contributed by atoms with E-state index in [-0.39, 0.29) is 16.9 Å². The summed E-state index contributed by atoms with van der Waals surface area (Å²) in [5, 5.41) is 19.2. The monoisotopic (exact) mass is 486 g/mol. The van der Waals surface area contributed by atoms with Gasteiger partial charge in [0.25, 0.3) is 0 Å². The first-order valence-electron chi connectivity index (χ1n) is 13.2. The number of carbonyl (C=O) groups is 1. The summed E-state index contributed by atoms with van der Waals surface area (Å²) in [5.41, 5.74) is 2.27. The molecule has 5 heteroatoms. The Morgan fingerprint density at radius 2 is 1.36 bits per heavy atom. The molecule has 2 aromatic rings. The summed E-state index contributed by atoms with van der Waals surface area (Å²) in [6.45, 7) is 4.86. The van der Waals surface area contributed by atoms with Crippen molar-refractivity contribution < 1.29 is 14.3 Å². The average molecular weight is 487 g/mol. The Bertz CT molecular complexity index is 1060. The van der Waals surface area contributed by atoms with E-state index in [1.807, 2.05) is 24.3 Å². The summed E-state index contributed by atoms with van der Waals surface area (Å²) >= 11 is 0. The first-order valence-corrected chi connectivity index (χ1v) is 13.2. The Morgan fingerprint density at radius 1 is 0.778 bits per heavy atom. The van der Waals surface area contributed by atoms with E-state index in [1.165, 1.54) is 62.7 Å². The maximum Gasteiger partial charge on any atom is 0.336 e. The Balaban J connectivity index is 1.93. The Labute approximate surface area is 216 Å². The lowest BCUT2D eigenvalue weighted by atomic mass is 10.0. The van der Waals surface area contributed by atoms with E-state index in [9.17, 15) is 15.3 Å². The minimum Gasteiger partial charge on any atom is -0.492 e. The third-order valence-electron chi connectivity index (χ3n) is 6.03. The van der Waals surface area contributed by atoms with Crippen molar-refractivity contribution in [1.82, 2.24) is 0 Å². The molecule has 5 nitrogen and oxygen atoms in total. The smallest absolute Gasteiger partial charge is 0.336 e. The molecule has 190 valence electrons. The molecule has 0 aliphatic rings. The van der Waals surface area contributed by atoms with Gasteiger partial charge >= 0.3 is 5.97 Å². The van der Waals surface area contributed by atoms with Crippen LogP contribution in [0.5, 0.6) is 11.5 Å². The molecule has 36 heavy (non-hydrogen) atoms. The maximum absolute atomic E-state index is 12.4. The van der Waals surface area contributed by atoms with Crippen LogP contribution in [0.2, 0.25) is 0 Å². The number of nitrogens with zero attached hydrogens (tertiary/aromatic N) is 2. The van der Waals surface area contributed by atoms with Gasteiger partial charge in [0, 0.05) is 6.08 Å². The highest BCUT2D eigenvalue weighted by atomic mass is 16.5. The van der Waals surface area contributed by atoms with Gasteiger partial charge in [0.15, 0.2) is 5.75 Å². The number of unbranched alkanes of at least 4 members (excludes halogenated alkanes) is 8. The molecule has 0 N–H and O–H groups in total. The second-order valence-electron chi connectivity index (χ2n) is 8.96. The van der Waals surface area contributed by atoms with E-state index in [2.05, 4.69) is 26.0 Å². The van der Waals surface area contributed by atoms with Gasteiger partial charge in [-0.15, -0.1) is 0 Å². The molecule has 0 fully saturated rings. The van der Waals surface area contributed by atoms with Gasteiger partial charge in [-0.3, -0.25) is 0 Å². The van der Waals surface area contributed by atoms with Crippen LogP contribution < -0.4 is 9.47 Å². The van der Waals surface area contributed by atoms with E-state index in [1.54, 1.807) is 12.1 Å². The molecule has 0 radical (unpaired) electrons. The Morgan fingerprint density at radius 3 is 2.00 bits per heavy atom. The number of hydrogen-bond donors (Lipinski definition) is 0. The highest BCUT2D eigenvalue weighted by Gasteiger charge is 2.17. The number of benzene rings is 2. The highest BCUT2D eigenvalue weighted by molar-refractivity contribution is 5.89. The van der Waals surface area contributed by atoms with Gasteiger partial charge in [-0.1, -0.05) is 89.5 Å². The largest absolute Gasteiger partial charge is 0.492 e. The quantitative estimate of drug-likeness (QED) is 0.104. The molecule has 0 aliphatic heterocycles. The van der Waals surface area contributed by atoms with Crippen molar-refractivity contribution in [3.05, 3.63) is 64.7 Å². The molecule has 0 bridgehead atoms. The molecule has 0 saturated heterocycles. The van der Waals surface area contributed by atoms with Crippen molar-refractivity contribution in [2.24, 2.45) is 0 Å². The maximum atomic E-state index is 12.4. The van der Waals surface area contributed by atoms with Gasteiger partial charge in [-0.25, -0.2) is 4.79 Å². The molecule has 0 atom stereocenters. The lowest BCUT2D eigenvalue weighted by molar-refractivity contribution is -0.128. The minimum atomic E-state index is -0.611. The van der Waals surface area contributed by atoms with Crippen molar-refractivity contribution >= 4 is 12.0 Å². The van der Waals surface area contributed by atoms with Gasteiger partial charge in [-0.05, 0) is 48.6 Å². The number of esters is 1. The second kappa shape index (κ2) is 17.0.